The second-order valence-electron chi connectivity index (χ2n) is 2.91. The Hall–Kier alpha value is -0.900. The number of halogens is 1. The zero-order valence-corrected chi connectivity index (χ0v) is 7.84. The Bertz CT molecular complexity index is 157. The van der Waals surface area contributed by atoms with Gasteiger partial charge in [-0.05, 0) is 6.42 Å². The molecule has 0 saturated heterocycles. The van der Waals surface area contributed by atoms with Crippen LogP contribution in [0.25, 0.3) is 0 Å². The molecular formula is C8H16FNO2. The van der Waals surface area contributed by atoms with Crippen LogP contribution in [0.5, 0.6) is 0 Å². The van der Waals surface area contributed by atoms with Crippen LogP contribution in [-0.4, -0.2) is 31.3 Å². The summed E-state index contributed by atoms with van der Waals surface area (Å²) < 4.78 is 0.265. The number of quaternary nitrogens is 1. The summed E-state index contributed by atoms with van der Waals surface area (Å²) in [6, 6.07) is 0. The smallest absolute Gasteiger partial charge is 0.389 e. The van der Waals surface area contributed by atoms with Gasteiger partial charge >= 0.3 is 5.97 Å². The van der Waals surface area contributed by atoms with Gasteiger partial charge in [-0.25, -0.2) is 4.79 Å². The lowest BCUT2D eigenvalue weighted by Gasteiger charge is -2.24. The molecule has 0 aromatic heterocycles. The predicted octanol–water partition coefficient (Wildman–Crippen LogP) is -1.88. The van der Waals surface area contributed by atoms with Crippen molar-refractivity contribution in [3.05, 3.63) is 12.7 Å². The van der Waals surface area contributed by atoms with Crippen LogP contribution in [0.2, 0.25) is 0 Å². The number of hydrogen-bond donors (Lipinski definition) is 0. The monoisotopic (exact) mass is 177 g/mol. The van der Waals surface area contributed by atoms with Crippen LogP contribution >= 0.6 is 0 Å². The van der Waals surface area contributed by atoms with Crippen molar-refractivity contribution in [1.29, 1.82) is 0 Å². The van der Waals surface area contributed by atoms with Crippen molar-refractivity contribution in [3.8, 4) is 0 Å². The molecule has 0 amide bonds. The summed E-state index contributed by atoms with van der Waals surface area (Å²) >= 11 is 0. The molecule has 0 saturated carbocycles. The lowest BCUT2D eigenvalue weighted by atomic mass is 10.4. The summed E-state index contributed by atoms with van der Waals surface area (Å²) in [5.74, 6) is -0.372. The third-order valence-electron chi connectivity index (χ3n) is 1.27. The molecule has 0 radical (unpaired) electrons. The molecule has 0 N–H and O–H groups in total. The first-order valence-electron chi connectivity index (χ1n) is 3.71. The van der Waals surface area contributed by atoms with Gasteiger partial charge in [0.15, 0.2) is 0 Å². The fourth-order valence-electron chi connectivity index (χ4n) is 0.865. The van der Waals surface area contributed by atoms with Gasteiger partial charge in [0.05, 0.1) is 0 Å². The van der Waals surface area contributed by atoms with Crippen molar-refractivity contribution in [2.24, 2.45) is 0 Å². The number of nitrogens with zero attached hydrogens (tertiary/aromatic N) is 1. The lowest BCUT2D eigenvalue weighted by Crippen LogP contribution is -3.00. The molecule has 0 aliphatic rings. The zero-order chi connectivity index (χ0) is 8.91. The number of rotatable bonds is 4. The highest BCUT2D eigenvalue weighted by molar-refractivity contribution is 5.80. The largest absolute Gasteiger partial charge is 1.00 e. The minimum Gasteiger partial charge on any atom is -1.00 e. The van der Waals surface area contributed by atoms with E-state index in [1.54, 1.807) is 0 Å². The highest BCUT2D eigenvalue weighted by atomic mass is 19.0. The highest BCUT2D eigenvalue weighted by Crippen LogP contribution is 2.00. The molecule has 0 rings (SSSR count). The van der Waals surface area contributed by atoms with Crippen LogP contribution in [0.15, 0.2) is 12.7 Å². The van der Waals surface area contributed by atoms with Crippen LogP contribution in [0, 0.1) is 0 Å². The number of hydrogen-bond acceptors (Lipinski definition) is 2. The molecule has 0 heterocycles. The molecule has 0 aromatic rings. The second kappa shape index (κ2) is 5.71. The molecule has 0 aliphatic heterocycles. The molecule has 12 heavy (non-hydrogen) atoms. The van der Waals surface area contributed by atoms with E-state index in [9.17, 15) is 4.79 Å². The van der Waals surface area contributed by atoms with Crippen LogP contribution in [0.4, 0.5) is 0 Å². The van der Waals surface area contributed by atoms with E-state index in [4.69, 9.17) is 4.84 Å². The first-order chi connectivity index (χ1) is 5.02. The quantitative estimate of drug-likeness (QED) is 0.285. The maximum Gasteiger partial charge on any atom is 0.389 e. The van der Waals surface area contributed by atoms with Crippen molar-refractivity contribution < 1.29 is 19.0 Å². The molecule has 72 valence electrons. The molecular weight excluding hydrogens is 161 g/mol. The minimum absolute atomic E-state index is 0. The van der Waals surface area contributed by atoms with Gasteiger partial charge in [0.25, 0.3) is 0 Å². The van der Waals surface area contributed by atoms with Gasteiger partial charge in [-0.3, -0.25) is 4.84 Å². The van der Waals surface area contributed by atoms with E-state index >= 15 is 0 Å². The van der Waals surface area contributed by atoms with E-state index in [1.165, 1.54) is 6.08 Å². The summed E-state index contributed by atoms with van der Waals surface area (Å²) in [7, 11) is 3.68. The fourth-order valence-corrected chi connectivity index (χ4v) is 0.865. The first-order valence-corrected chi connectivity index (χ1v) is 3.71. The van der Waals surface area contributed by atoms with Gasteiger partial charge in [0.2, 0.25) is 0 Å². The number of carbonyl (C=O) groups excluding carboxylic acids is 1. The van der Waals surface area contributed by atoms with Crippen molar-refractivity contribution in [1.82, 2.24) is 0 Å². The number of carbonyl (C=O) groups is 1. The SMILES string of the molecule is C=CC(=O)O[N+](C)(C)CCC.[F-]. The maximum atomic E-state index is 10.7. The Labute approximate surface area is 72.5 Å². The van der Waals surface area contributed by atoms with E-state index < -0.39 is 0 Å². The van der Waals surface area contributed by atoms with Crippen LogP contribution < -0.4 is 4.70 Å². The summed E-state index contributed by atoms with van der Waals surface area (Å²) in [6.45, 7) is 6.18. The van der Waals surface area contributed by atoms with E-state index in [0.717, 1.165) is 13.0 Å². The van der Waals surface area contributed by atoms with Gasteiger partial charge in [0, 0.05) is 6.08 Å². The molecule has 3 nitrogen and oxygen atoms in total. The Morgan fingerprint density at radius 2 is 2.08 bits per heavy atom. The third kappa shape index (κ3) is 5.85. The standard InChI is InChI=1S/C8H16NO2.FH/c1-5-7-9(3,4)11-8(10)6-2;/h6H,2,5,7H2,1,3-4H3;1H/q+1;/p-1. The predicted molar refractivity (Wildman–Crippen MR) is 43.6 cm³/mol. The molecule has 0 atom stereocenters. The average Bonchev–Trinajstić information content (AvgIpc) is 1.86. The minimum atomic E-state index is -0.372. The van der Waals surface area contributed by atoms with E-state index in [1.807, 2.05) is 21.0 Å². The summed E-state index contributed by atoms with van der Waals surface area (Å²) in [5, 5.41) is 0. The van der Waals surface area contributed by atoms with Crippen molar-refractivity contribution in [3.63, 3.8) is 0 Å². The van der Waals surface area contributed by atoms with Crippen LogP contribution in [-0.2, 0) is 9.63 Å². The van der Waals surface area contributed by atoms with E-state index in [2.05, 4.69) is 6.58 Å². The lowest BCUT2D eigenvalue weighted by molar-refractivity contribution is -1.06. The summed E-state index contributed by atoms with van der Waals surface area (Å²) in [4.78, 5) is 15.8. The third-order valence-corrected chi connectivity index (χ3v) is 1.27. The first kappa shape index (κ1) is 13.7. The number of hydroxylamine groups is 3. The Morgan fingerprint density at radius 3 is 2.42 bits per heavy atom. The molecule has 0 aromatic carbocycles. The molecule has 0 bridgehead atoms. The molecule has 0 aliphatic carbocycles. The Balaban J connectivity index is 0. The van der Waals surface area contributed by atoms with Crippen molar-refractivity contribution >= 4 is 5.97 Å². The van der Waals surface area contributed by atoms with Gasteiger partial charge in [-0.15, -0.1) is 4.65 Å². The fraction of sp³-hybridized carbons (Fsp3) is 0.625. The Morgan fingerprint density at radius 1 is 1.58 bits per heavy atom. The van der Waals surface area contributed by atoms with Gasteiger partial charge in [-0.2, -0.15) is 0 Å². The van der Waals surface area contributed by atoms with Crippen LogP contribution in [0.3, 0.4) is 0 Å². The normalized spacial score (nSPS) is 9.92. The van der Waals surface area contributed by atoms with Crippen molar-refractivity contribution in [2.45, 2.75) is 13.3 Å². The molecule has 0 spiro atoms. The van der Waals surface area contributed by atoms with E-state index in [0.29, 0.717) is 0 Å². The molecule has 4 heteroatoms. The zero-order valence-electron chi connectivity index (χ0n) is 7.84. The van der Waals surface area contributed by atoms with Gasteiger partial charge in [0.1, 0.15) is 20.6 Å². The Kier molecular flexibility index (Phi) is 6.51. The van der Waals surface area contributed by atoms with Crippen LogP contribution in [0.1, 0.15) is 13.3 Å². The van der Waals surface area contributed by atoms with E-state index in [-0.39, 0.29) is 15.3 Å². The topological polar surface area (TPSA) is 26.3 Å². The second-order valence-corrected chi connectivity index (χ2v) is 2.91. The summed E-state index contributed by atoms with van der Waals surface area (Å²) in [5.41, 5.74) is 0. The average molecular weight is 177 g/mol. The molecule has 0 unspecified atom stereocenters. The van der Waals surface area contributed by atoms with Gasteiger partial charge < -0.3 is 4.70 Å². The maximum absolute atomic E-state index is 10.7. The molecule has 0 fully saturated rings. The van der Waals surface area contributed by atoms with Crippen molar-refractivity contribution in [2.75, 3.05) is 20.6 Å². The van der Waals surface area contributed by atoms with Gasteiger partial charge in [-0.1, -0.05) is 13.5 Å². The summed E-state index contributed by atoms with van der Waals surface area (Å²) in [6.07, 6.45) is 2.16. The highest BCUT2D eigenvalue weighted by Gasteiger charge is 2.18.